The molecule has 2 aliphatic rings. The van der Waals surface area contributed by atoms with Gasteiger partial charge in [0, 0.05) is 25.4 Å². The van der Waals surface area contributed by atoms with Crippen molar-refractivity contribution in [2.45, 2.75) is 12.5 Å². The number of aliphatic imine (C=N–C) groups is 1. The number of methoxy groups -OCH3 is 1. The van der Waals surface area contributed by atoms with Crippen molar-refractivity contribution in [2.75, 3.05) is 34.0 Å². The zero-order chi connectivity index (χ0) is 20.7. The molecule has 10 heteroatoms. The van der Waals surface area contributed by atoms with Crippen LogP contribution in [0.15, 0.2) is 20.6 Å². The second kappa shape index (κ2) is 7.28. The molecule has 2 aliphatic heterocycles. The van der Waals surface area contributed by atoms with Crippen LogP contribution < -0.4 is 25.5 Å². The molecule has 29 heavy (non-hydrogen) atoms. The summed E-state index contributed by atoms with van der Waals surface area (Å²) < 4.78 is 17.7. The summed E-state index contributed by atoms with van der Waals surface area (Å²) in [6.07, 6.45) is 2.12. The van der Waals surface area contributed by atoms with E-state index in [0.29, 0.717) is 23.8 Å². The van der Waals surface area contributed by atoms with Crippen molar-refractivity contribution in [3.05, 3.63) is 43.6 Å². The third-order valence-electron chi connectivity index (χ3n) is 5.37. The zero-order valence-electron chi connectivity index (χ0n) is 16.4. The molecule has 2 aromatic rings. The second-order valence-electron chi connectivity index (χ2n) is 7.01. The predicted octanol–water partition coefficient (Wildman–Crippen LogP) is 0.165. The quantitative estimate of drug-likeness (QED) is 0.700. The highest BCUT2D eigenvalue weighted by Crippen LogP contribution is 2.49. The van der Waals surface area contributed by atoms with E-state index in [4.69, 9.17) is 14.2 Å². The molecule has 1 atom stereocenters. The molecule has 0 spiro atoms. The maximum absolute atomic E-state index is 12.0. The number of hydrogen-bond donors (Lipinski definition) is 2. The van der Waals surface area contributed by atoms with Crippen LogP contribution in [-0.4, -0.2) is 59.8 Å². The molecular formula is C19H22N4O6. The van der Waals surface area contributed by atoms with Crippen molar-refractivity contribution in [1.82, 2.24) is 14.5 Å². The number of H-pyrrole nitrogens is 1. The first-order valence-corrected chi connectivity index (χ1v) is 9.14. The molecule has 0 radical (unpaired) electrons. The highest BCUT2D eigenvalue weighted by atomic mass is 16.7. The van der Waals surface area contributed by atoms with Crippen LogP contribution in [-0.2, 0) is 13.5 Å². The van der Waals surface area contributed by atoms with Gasteiger partial charge in [0.15, 0.2) is 11.5 Å². The van der Waals surface area contributed by atoms with Crippen LogP contribution in [0, 0.1) is 0 Å². The lowest BCUT2D eigenvalue weighted by molar-refractivity contribution is 0.170. The first-order valence-electron chi connectivity index (χ1n) is 9.14. The van der Waals surface area contributed by atoms with Gasteiger partial charge in [0.25, 0.3) is 5.56 Å². The number of rotatable bonds is 4. The molecular weight excluding hydrogens is 380 g/mol. The van der Waals surface area contributed by atoms with Gasteiger partial charge in [-0.05, 0) is 25.1 Å². The number of nitrogens with one attached hydrogen (secondary N) is 1. The van der Waals surface area contributed by atoms with E-state index in [9.17, 15) is 14.7 Å². The number of ether oxygens (including phenoxy) is 3. The summed E-state index contributed by atoms with van der Waals surface area (Å²) in [6.45, 7) is 1.30. The molecule has 1 aromatic heterocycles. The topological polar surface area (TPSA) is 118 Å². The largest absolute Gasteiger partial charge is 0.494 e. The minimum Gasteiger partial charge on any atom is -0.494 e. The molecule has 1 aromatic carbocycles. The van der Waals surface area contributed by atoms with Crippen molar-refractivity contribution in [1.29, 1.82) is 0 Å². The van der Waals surface area contributed by atoms with Crippen LogP contribution in [0.5, 0.6) is 23.1 Å². The van der Waals surface area contributed by atoms with Gasteiger partial charge < -0.3 is 19.3 Å². The third-order valence-corrected chi connectivity index (χ3v) is 5.37. The highest BCUT2D eigenvalue weighted by molar-refractivity contribution is 5.81. The summed E-state index contributed by atoms with van der Waals surface area (Å²) in [6, 6.07) is 1.86. The van der Waals surface area contributed by atoms with Gasteiger partial charge >= 0.3 is 5.69 Å². The van der Waals surface area contributed by atoms with E-state index in [1.54, 1.807) is 7.11 Å². The van der Waals surface area contributed by atoms with Crippen molar-refractivity contribution >= 4 is 6.21 Å². The number of aromatic amines is 1. The number of aromatic hydroxyl groups is 1. The predicted molar refractivity (Wildman–Crippen MR) is 105 cm³/mol. The summed E-state index contributed by atoms with van der Waals surface area (Å²) in [5, 5.41) is 10.1. The SMILES string of the molecule is COc1c2c(cc3c1C(CN=Cc1c(O)n(C)c(=O)[nH]c1=O)N(C)CC3)OCO2. The molecule has 0 aliphatic carbocycles. The highest BCUT2D eigenvalue weighted by Gasteiger charge is 2.33. The van der Waals surface area contributed by atoms with Crippen LogP contribution in [0.25, 0.3) is 0 Å². The molecule has 0 amide bonds. The van der Waals surface area contributed by atoms with Crippen LogP contribution in [0.3, 0.4) is 0 Å². The summed E-state index contributed by atoms with van der Waals surface area (Å²) in [4.78, 5) is 32.2. The normalized spacial score (nSPS) is 18.2. The summed E-state index contributed by atoms with van der Waals surface area (Å²) in [7, 11) is 4.95. The second-order valence-corrected chi connectivity index (χ2v) is 7.01. The lowest BCUT2D eigenvalue weighted by atomic mass is 9.91. The van der Waals surface area contributed by atoms with E-state index in [-0.39, 0.29) is 18.4 Å². The maximum Gasteiger partial charge on any atom is 0.330 e. The minimum atomic E-state index is -0.689. The Balaban J connectivity index is 1.70. The number of fused-ring (bicyclic) bond motifs is 2. The average Bonchev–Trinajstić information content (AvgIpc) is 3.17. The molecule has 1 unspecified atom stereocenters. The summed E-state index contributed by atoms with van der Waals surface area (Å²) in [5.41, 5.74) is 0.635. The van der Waals surface area contributed by atoms with Gasteiger partial charge in [-0.1, -0.05) is 0 Å². The van der Waals surface area contributed by atoms with Gasteiger partial charge in [0.1, 0.15) is 5.56 Å². The fourth-order valence-electron chi connectivity index (χ4n) is 3.74. The molecule has 0 fully saturated rings. The van der Waals surface area contributed by atoms with Crippen LogP contribution in [0.1, 0.15) is 22.7 Å². The van der Waals surface area contributed by atoms with E-state index in [0.717, 1.165) is 28.7 Å². The monoisotopic (exact) mass is 402 g/mol. The number of nitrogens with zero attached hydrogens (tertiary/aromatic N) is 3. The van der Waals surface area contributed by atoms with E-state index >= 15 is 0 Å². The van der Waals surface area contributed by atoms with E-state index in [1.165, 1.54) is 13.3 Å². The minimum absolute atomic E-state index is 0.0663. The first kappa shape index (κ1) is 19.1. The summed E-state index contributed by atoms with van der Waals surface area (Å²) >= 11 is 0. The standard InChI is InChI=1S/C19H22N4O6/c1-22-5-4-10-6-13-15(29-9-28-13)16(27-3)14(10)12(22)8-20-7-11-17(24)21-19(26)23(2)18(11)25/h6-7,12,25H,4-5,8-9H2,1-3H3,(H,21,24,26). The Kier molecular flexibility index (Phi) is 4.79. The first-order chi connectivity index (χ1) is 13.9. The fraction of sp³-hybridized carbons (Fsp3) is 0.421. The van der Waals surface area contributed by atoms with E-state index < -0.39 is 17.1 Å². The van der Waals surface area contributed by atoms with Crippen molar-refractivity contribution in [2.24, 2.45) is 12.0 Å². The Bertz CT molecular complexity index is 1100. The Morgan fingerprint density at radius 1 is 1.38 bits per heavy atom. The van der Waals surface area contributed by atoms with Gasteiger partial charge in [0.2, 0.25) is 18.4 Å². The van der Waals surface area contributed by atoms with Crippen LogP contribution in [0.2, 0.25) is 0 Å². The molecule has 0 saturated heterocycles. The molecule has 4 rings (SSSR count). The number of hydrogen-bond acceptors (Lipinski definition) is 8. The Morgan fingerprint density at radius 2 is 2.17 bits per heavy atom. The Hall–Kier alpha value is -3.27. The van der Waals surface area contributed by atoms with Gasteiger partial charge in [0.05, 0.1) is 19.7 Å². The third kappa shape index (κ3) is 3.15. The molecule has 2 N–H and O–H groups in total. The summed E-state index contributed by atoms with van der Waals surface area (Å²) in [5.74, 6) is 1.46. The van der Waals surface area contributed by atoms with Gasteiger partial charge in [-0.2, -0.15) is 0 Å². The molecule has 10 nitrogen and oxygen atoms in total. The molecule has 0 saturated carbocycles. The Morgan fingerprint density at radius 3 is 2.93 bits per heavy atom. The lowest BCUT2D eigenvalue weighted by Crippen LogP contribution is -2.34. The number of benzene rings is 1. The molecule has 154 valence electrons. The van der Waals surface area contributed by atoms with Gasteiger partial charge in [-0.25, -0.2) is 4.79 Å². The van der Waals surface area contributed by atoms with Crippen molar-refractivity contribution in [3.63, 3.8) is 0 Å². The van der Waals surface area contributed by atoms with E-state index in [2.05, 4.69) is 14.9 Å². The number of likely N-dealkylation sites (N-methyl/N-ethyl adjacent to an activating group) is 1. The molecule has 3 heterocycles. The van der Waals surface area contributed by atoms with Crippen LogP contribution >= 0.6 is 0 Å². The van der Waals surface area contributed by atoms with E-state index in [1.807, 2.05) is 13.1 Å². The smallest absolute Gasteiger partial charge is 0.330 e. The Labute approximate surface area is 166 Å². The zero-order valence-corrected chi connectivity index (χ0v) is 16.4. The molecule has 0 bridgehead atoms. The number of aromatic nitrogens is 2. The fourth-order valence-corrected chi connectivity index (χ4v) is 3.74. The maximum atomic E-state index is 12.0. The van der Waals surface area contributed by atoms with Gasteiger partial charge in [-0.15, -0.1) is 0 Å². The van der Waals surface area contributed by atoms with Crippen molar-refractivity contribution < 1.29 is 19.3 Å². The van der Waals surface area contributed by atoms with Crippen LogP contribution in [0.4, 0.5) is 0 Å². The van der Waals surface area contributed by atoms with Gasteiger partial charge in [-0.3, -0.25) is 24.2 Å². The van der Waals surface area contributed by atoms with Crippen molar-refractivity contribution in [3.8, 4) is 23.1 Å². The average molecular weight is 402 g/mol. The lowest BCUT2D eigenvalue weighted by Gasteiger charge is -2.35.